The van der Waals surface area contributed by atoms with Gasteiger partial charge in [0.2, 0.25) is 0 Å². The smallest absolute Gasteiger partial charge is 0.135 e. The standard InChI is InChI=1S/C16H11FO/c1-11-9-16(12-5-3-2-4-6-12)18-15-8-7-13(17)10-14(11)15/h2-10H,1H2. The van der Waals surface area contributed by atoms with E-state index in [0.717, 1.165) is 16.9 Å². The van der Waals surface area contributed by atoms with Crippen LogP contribution in [0.4, 0.5) is 4.39 Å². The molecule has 1 aliphatic rings. The summed E-state index contributed by atoms with van der Waals surface area (Å²) in [5, 5.41) is 0. The molecule has 1 aliphatic heterocycles. The molecule has 0 saturated carbocycles. The average molecular weight is 238 g/mol. The van der Waals surface area contributed by atoms with Crippen molar-refractivity contribution in [3.8, 4) is 5.75 Å². The Morgan fingerprint density at radius 1 is 1.00 bits per heavy atom. The van der Waals surface area contributed by atoms with Crippen molar-refractivity contribution in [3.05, 3.63) is 78.1 Å². The minimum Gasteiger partial charge on any atom is -0.456 e. The largest absolute Gasteiger partial charge is 0.456 e. The van der Waals surface area contributed by atoms with Crippen LogP contribution in [0, 0.1) is 5.82 Å². The first-order valence-corrected chi connectivity index (χ1v) is 5.68. The maximum Gasteiger partial charge on any atom is 0.135 e. The van der Waals surface area contributed by atoms with Crippen molar-refractivity contribution in [2.45, 2.75) is 0 Å². The van der Waals surface area contributed by atoms with Gasteiger partial charge in [-0.3, -0.25) is 0 Å². The number of allylic oxidation sites excluding steroid dienone is 2. The molecule has 0 spiro atoms. The molecular formula is C16H11FO. The molecule has 1 heterocycles. The zero-order valence-electron chi connectivity index (χ0n) is 9.69. The van der Waals surface area contributed by atoms with Crippen molar-refractivity contribution >= 4 is 11.3 Å². The highest BCUT2D eigenvalue weighted by Crippen LogP contribution is 2.36. The summed E-state index contributed by atoms with van der Waals surface area (Å²) in [5.41, 5.74) is 2.44. The molecule has 0 N–H and O–H groups in total. The lowest BCUT2D eigenvalue weighted by Crippen LogP contribution is -2.03. The first-order chi connectivity index (χ1) is 8.74. The van der Waals surface area contributed by atoms with E-state index >= 15 is 0 Å². The van der Waals surface area contributed by atoms with Crippen molar-refractivity contribution in [3.63, 3.8) is 0 Å². The molecule has 0 unspecified atom stereocenters. The van der Waals surface area contributed by atoms with E-state index in [9.17, 15) is 4.39 Å². The van der Waals surface area contributed by atoms with Crippen LogP contribution in [-0.4, -0.2) is 0 Å². The number of ether oxygens (including phenoxy) is 1. The molecule has 18 heavy (non-hydrogen) atoms. The Kier molecular flexibility index (Phi) is 2.49. The highest BCUT2D eigenvalue weighted by atomic mass is 19.1. The molecular weight excluding hydrogens is 227 g/mol. The van der Waals surface area contributed by atoms with Gasteiger partial charge in [0.1, 0.15) is 17.3 Å². The maximum absolute atomic E-state index is 13.2. The fourth-order valence-corrected chi connectivity index (χ4v) is 1.97. The third-order valence-corrected chi connectivity index (χ3v) is 2.87. The van der Waals surface area contributed by atoms with Crippen molar-refractivity contribution in [1.82, 2.24) is 0 Å². The minimum absolute atomic E-state index is 0.282. The monoisotopic (exact) mass is 238 g/mol. The van der Waals surface area contributed by atoms with Crippen molar-refractivity contribution < 1.29 is 9.13 Å². The lowest BCUT2D eigenvalue weighted by molar-refractivity contribution is 0.506. The van der Waals surface area contributed by atoms with Crippen molar-refractivity contribution in [2.75, 3.05) is 0 Å². The molecule has 2 aromatic carbocycles. The summed E-state index contributed by atoms with van der Waals surface area (Å²) in [6.07, 6.45) is 1.83. The molecule has 0 atom stereocenters. The highest BCUT2D eigenvalue weighted by Gasteiger charge is 2.17. The predicted molar refractivity (Wildman–Crippen MR) is 70.5 cm³/mol. The zero-order valence-corrected chi connectivity index (χ0v) is 9.69. The Balaban J connectivity index is 2.05. The summed E-state index contributed by atoms with van der Waals surface area (Å²) in [6, 6.07) is 14.2. The summed E-state index contributed by atoms with van der Waals surface area (Å²) < 4.78 is 18.9. The van der Waals surface area contributed by atoms with Gasteiger partial charge >= 0.3 is 0 Å². The number of hydrogen-bond acceptors (Lipinski definition) is 1. The molecule has 2 heteroatoms. The van der Waals surface area contributed by atoms with E-state index in [0.29, 0.717) is 11.3 Å². The van der Waals surface area contributed by atoms with Gasteiger partial charge in [-0.25, -0.2) is 4.39 Å². The van der Waals surface area contributed by atoms with E-state index in [-0.39, 0.29) is 5.82 Å². The van der Waals surface area contributed by atoms with Gasteiger partial charge in [0.15, 0.2) is 0 Å². The Hall–Kier alpha value is -2.35. The average Bonchev–Trinajstić information content (AvgIpc) is 2.40. The second-order valence-electron chi connectivity index (χ2n) is 4.14. The number of benzene rings is 2. The second kappa shape index (κ2) is 4.15. The van der Waals surface area contributed by atoms with Crippen LogP contribution in [0.15, 0.2) is 61.2 Å². The predicted octanol–water partition coefficient (Wildman–Crippen LogP) is 4.27. The summed E-state index contributed by atoms with van der Waals surface area (Å²) in [7, 11) is 0. The Labute approximate surface area is 105 Å². The Bertz CT molecular complexity index is 641. The fraction of sp³-hybridized carbons (Fsp3) is 0. The van der Waals surface area contributed by atoms with Crippen molar-refractivity contribution in [1.29, 1.82) is 0 Å². The highest BCUT2D eigenvalue weighted by molar-refractivity contribution is 5.86. The molecule has 0 radical (unpaired) electrons. The van der Waals surface area contributed by atoms with Crippen molar-refractivity contribution in [2.24, 2.45) is 0 Å². The van der Waals surface area contributed by atoms with Crippen LogP contribution in [0.2, 0.25) is 0 Å². The van der Waals surface area contributed by atoms with Gasteiger partial charge in [-0.05, 0) is 29.8 Å². The van der Waals surface area contributed by atoms with Crippen LogP contribution in [-0.2, 0) is 0 Å². The SMILES string of the molecule is C=C1C=C(c2ccccc2)Oc2ccc(F)cc21. The molecule has 1 nitrogen and oxygen atoms in total. The number of hydrogen-bond donors (Lipinski definition) is 0. The Morgan fingerprint density at radius 3 is 2.56 bits per heavy atom. The van der Waals surface area contributed by atoms with Gasteiger partial charge in [-0.15, -0.1) is 0 Å². The topological polar surface area (TPSA) is 9.23 Å². The molecule has 0 bridgehead atoms. The normalized spacial score (nSPS) is 13.6. The third kappa shape index (κ3) is 1.82. The van der Waals surface area contributed by atoms with Gasteiger partial charge in [-0.2, -0.15) is 0 Å². The van der Waals surface area contributed by atoms with Crippen LogP contribution in [0.25, 0.3) is 11.3 Å². The first kappa shape index (κ1) is 10.8. The molecule has 0 fully saturated rings. The molecule has 2 aromatic rings. The van der Waals surface area contributed by atoms with E-state index in [4.69, 9.17) is 4.74 Å². The minimum atomic E-state index is -0.282. The van der Waals surface area contributed by atoms with Crippen LogP contribution in [0.5, 0.6) is 5.75 Å². The molecule has 0 aliphatic carbocycles. The fourth-order valence-electron chi connectivity index (χ4n) is 1.97. The van der Waals surface area contributed by atoms with Crippen LogP contribution >= 0.6 is 0 Å². The van der Waals surface area contributed by atoms with E-state index in [1.165, 1.54) is 12.1 Å². The summed E-state index contributed by atoms with van der Waals surface area (Å²) in [5.74, 6) is 1.09. The lowest BCUT2D eigenvalue weighted by Gasteiger charge is -2.19. The van der Waals surface area contributed by atoms with E-state index < -0.39 is 0 Å². The number of halogens is 1. The lowest BCUT2D eigenvalue weighted by atomic mass is 10.0. The second-order valence-corrected chi connectivity index (χ2v) is 4.14. The van der Waals surface area contributed by atoms with Crippen LogP contribution < -0.4 is 4.74 Å². The Morgan fingerprint density at radius 2 is 1.78 bits per heavy atom. The molecule has 0 amide bonds. The molecule has 88 valence electrons. The van der Waals surface area contributed by atoms with Gasteiger partial charge in [0.25, 0.3) is 0 Å². The van der Waals surface area contributed by atoms with Gasteiger partial charge in [-0.1, -0.05) is 36.9 Å². The van der Waals surface area contributed by atoms with Crippen LogP contribution in [0.3, 0.4) is 0 Å². The number of fused-ring (bicyclic) bond motifs is 1. The van der Waals surface area contributed by atoms with E-state index in [1.54, 1.807) is 6.07 Å². The third-order valence-electron chi connectivity index (χ3n) is 2.87. The quantitative estimate of drug-likeness (QED) is 0.720. The maximum atomic E-state index is 13.2. The van der Waals surface area contributed by atoms with Gasteiger partial charge in [0, 0.05) is 11.1 Å². The summed E-state index contributed by atoms with van der Waals surface area (Å²) in [4.78, 5) is 0. The zero-order chi connectivity index (χ0) is 12.5. The molecule has 0 saturated heterocycles. The summed E-state index contributed by atoms with van der Waals surface area (Å²) >= 11 is 0. The van der Waals surface area contributed by atoms with Gasteiger partial charge in [0.05, 0.1) is 0 Å². The van der Waals surface area contributed by atoms with E-state index in [1.807, 2.05) is 36.4 Å². The van der Waals surface area contributed by atoms with E-state index in [2.05, 4.69) is 6.58 Å². The molecule has 0 aromatic heterocycles. The summed E-state index contributed by atoms with van der Waals surface area (Å²) in [6.45, 7) is 3.95. The van der Waals surface area contributed by atoms with Crippen LogP contribution in [0.1, 0.15) is 11.1 Å². The van der Waals surface area contributed by atoms with Gasteiger partial charge < -0.3 is 4.74 Å². The molecule has 3 rings (SSSR count). The first-order valence-electron chi connectivity index (χ1n) is 5.68. The number of rotatable bonds is 1.